The van der Waals surface area contributed by atoms with Crippen LogP contribution >= 0.6 is 0 Å². The Morgan fingerprint density at radius 3 is 2.67 bits per heavy atom. The molecule has 0 amide bonds. The van der Waals surface area contributed by atoms with Gasteiger partial charge in [-0.3, -0.25) is 0 Å². The van der Waals surface area contributed by atoms with Gasteiger partial charge in [-0.05, 0) is 31.9 Å². The van der Waals surface area contributed by atoms with Crippen LogP contribution in [0.2, 0.25) is 0 Å². The summed E-state index contributed by atoms with van der Waals surface area (Å²) in [4.78, 5) is 0. The van der Waals surface area contributed by atoms with Crippen LogP contribution in [0.15, 0.2) is 18.2 Å². The summed E-state index contributed by atoms with van der Waals surface area (Å²) in [6.07, 6.45) is 6.41. The largest absolute Gasteiger partial charge is 0.494 e. The molecule has 0 fully saturated rings. The zero-order valence-electron chi connectivity index (χ0n) is 11.7. The first-order chi connectivity index (χ1) is 8.67. The molecule has 0 bridgehead atoms. The van der Waals surface area contributed by atoms with Crippen molar-refractivity contribution in [3.63, 3.8) is 0 Å². The summed E-state index contributed by atoms with van der Waals surface area (Å²) in [5.74, 6) is 1.50. The van der Waals surface area contributed by atoms with Crippen LogP contribution in [-0.2, 0) is 0 Å². The average molecular weight is 251 g/mol. The SMILES string of the molecule is CCCCCCC(C)Oc1ccc(N)c(OC)c1. The van der Waals surface area contributed by atoms with Crippen LogP contribution in [0.25, 0.3) is 0 Å². The van der Waals surface area contributed by atoms with E-state index in [2.05, 4.69) is 13.8 Å². The van der Waals surface area contributed by atoms with Crippen molar-refractivity contribution in [1.82, 2.24) is 0 Å². The topological polar surface area (TPSA) is 44.5 Å². The van der Waals surface area contributed by atoms with Crippen LogP contribution < -0.4 is 15.2 Å². The normalized spacial score (nSPS) is 12.2. The summed E-state index contributed by atoms with van der Waals surface area (Å²) >= 11 is 0. The van der Waals surface area contributed by atoms with E-state index in [1.165, 1.54) is 25.7 Å². The number of benzene rings is 1. The maximum atomic E-state index is 5.86. The molecule has 0 saturated heterocycles. The van der Waals surface area contributed by atoms with Crippen LogP contribution in [0.5, 0.6) is 11.5 Å². The Morgan fingerprint density at radius 2 is 2.00 bits per heavy atom. The van der Waals surface area contributed by atoms with Gasteiger partial charge in [0.25, 0.3) is 0 Å². The van der Waals surface area contributed by atoms with Crippen molar-refractivity contribution in [3.05, 3.63) is 18.2 Å². The quantitative estimate of drug-likeness (QED) is 0.560. The van der Waals surface area contributed by atoms with E-state index in [0.29, 0.717) is 11.4 Å². The average Bonchev–Trinajstić information content (AvgIpc) is 2.37. The van der Waals surface area contributed by atoms with Gasteiger partial charge in [0.1, 0.15) is 11.5 Å². The first-order valence-electron chi connectivity index (χ1n) is 6.77. The van der Waals surface area contributed by atoms with Crippen molar-refractivity contribution in [2.45, 2.75) is 52.1 Å². The van der Waals surface area contributed by atoms with E-state index in [1.807, 2.05) is 18.2 Å². The minimum absolute atomic E-state index is 0.232. The zero-order valence-corrected chi connectivity index (χ0v) is 11.7. The van der Waals surface area contributed by atoms with Crippen LogP contribution in [0.3, 0.4) is 0 Å². The second kappa shape index (κ2) is 7.85. The maximum absolute atomic E-state index is 5.86. The second-order valence-electron chi connectivity index (χ2n) is 4.68. The molecule has 1 unspecified atom stereocenters. The Kier molecular flexibility index (Phi) is 6.40. The summed E-state index contributed by atoms with van der Waals surface area (Å²) < 4.78 is 11.0. The van der Waals surface area contributed by atoms with Crippen LogP contribution in [0.4, 0.5) is 5.69 Å². The summed E-state index contributed by atoms with van der Waals surface area (Å²) in [5, 5.41) is 0. The third kappa shape index (κ3) is 4.86. The first-order valence-corrected chi connectivity index (χ1v) is 6.77. The van der Waals surface area contributed by atoms with Gasteiger partial charge in [-0.25, -0.2) is 0 Å². The smallest absolute Gasteiger partial charge is 0.145 e. The molecule has 0 spiro atoms. The molecule has 3 nitrogen and oxygen atoms in total. The molecule has 0 radical (unpaired) electrons. The highest BCUT2D eigenvalue weighted by Crippen LogP contribution is 2.27. The van der Waals surface area contributed by atoms with E-state index in [1.54, 1.807) is 7.11 Å². The molecule has 0 aliphatic heterocycles. The lowest BCUT2D eigenvalue weighted by atomic mass is 10.1. The molecule has 0 aliphatic rings. The molecule has 3 heteroatoms. The van der Waals surface area contributed by atoms with Crippen molar-refractivity contribution in [3.8, 4) is 11.5 Å². The number of ether oxygens (including phenoxy) is 2. The Labute approximate surface area is 110 Å². The standard InChI is InChI=1S/C15H25NO2/c1-4-5-6-7-8-12(2)18-13-9-10-14(16)15(11-13)17-3/h9-12H,4-8,16H2,1-3H3. The molecular weight excluding hydrogens is 226 g/mol. The Morgan fingerprint density at radius 1 is 1.22 bits per heavy atom. The van der Waals surface area contributed by atoms with Gasteiger partial charge in [0, 0.05) is 6.07 Å². The lowest BCUT2D eigenvalue weighted by molar-refractivity contribution is 0.205. The second-order valence-corrected chi connectivity index (χ2v) is 4.68. The minimum Gasteiger partial charge on any atom is -0.494 e. The highest BCUT2D eigenvalue weighted by Gasteiger charge is 2.06. The molecule has 0 aromatic heterocycles. The number of unbranched alkanes of at least 4 members (excludes halogenated alkanes) is 3. The third-order valence-corrected chi connectivity index (χ3v) is 3.01. The molecule has 1 atom stereocenters. The van der Waals surface area contributed by atoms with Gasteiger partial charge in [0.15, 0.2) is 0 Å². The molecule has 1 rings (SSSR count). The van der Waals surface area contributed by atoms with Crippen molar-refractivity contribution < 1.29 is 9.47 Å². The summed E-state index contributed by atoms with van der Waals surface area (Å²) in [7, 11) is 1.61. The molecule has 102 valence electrons. The van der Waals surface area contributed by atoms with Gasteiger partial charge in [-0.15, -0.1) is 0 Å². The van der Waals surface area contributed by atoms with Crippen LogP contribution in [-0.4, -0.2) is 13.2 Å². The summed E-state index contributed by atoms with van der Waals surface area (Å²) in [6.45, 7) is 4.33. The number of methoxy groups -OCH3 is 1. The predicted octanol–water partition coefficient (Wildman–Crippen LogP) is 4.02. The number of nitrogens with two attached hydrogens (primary N) is 1. The lowest BCUT2D eigenvalue weighted by Gasteiger charge is -2.15. The van der Waals surface area contributed by atoms with E-state index in [9.17, 15) is 0 Å². The summed E-state index contributed by atoms with van der Waals surface area (Å²) in [5.41, 5.74) is 6.40. The molecule has 2 N–H and O–H groups in total. The Balaban J connectivity index is 2.41. The van der Waals surface area contributed by atoms with Crippen LogP contribution in [0, 0.1) is 0 Å². The molecular formula is C15H25NO2. The molecule has 0 heterocycles. The van der Waals surface area contributed by atoms with Crippen LogP contribution in [0.1, 0.15) is 46.0 Å². The fraction of sp³-hybridized carbons (Fsp3) is 0.600. The number of hydrogen-bond donors (Lipinski definition) is 1. The van der Waals surface area contributed by atoms with E-state index < -0.39 is 0 Å². The fourth-order valence-corrected chi connectivity index (χ4v) is 1.91. The zero-order chi connectivity index (χ0) is 13.4. The van der Waals surface area contributed by atoms with Gasteiger partial charge in [0.05, 0.1) is 18.9 Å². The van der Waals surface area contributed by atoms with E-state index in [0.717, 1.165) is 12.2 Å². The van der Waals surface area contributed by atoms with Gasteiger partial charge < -0.3 is 15.2 Å². The van der Waals surface area contributed by atoms with Crippen molar-refractivity contribution in [2.75, 3.05) is 12.8 Å². The Bertz CT molecular complexity index is 352. The molecule has 0 saturated carbocycles. The van der Waals surface area contributed by atoms with E-state index >= 15 is 0 Å². The Hall–Kier alpha value is -1.38. The van der Waals surface area contributed by atoms with E-state index in [4.69, 9.17) is 15.2 Å². The monoisotopic (exact) mass is 251 g/mol. The number of rotatable bonds is 8. The molecule has 0 aliphatic carbocycles. The molecule has 1 aromatic carbocycles. The van der Waals surface area contributed by atoms with Gasteiger partial charge in [-0.2, -0.15) is 0 Å². The minimum atomic E-state index is 0.232. The van der Waals surface area contributed by atoms with Crippen molar-refractivity contribution in [1.29, 1.82) is 0 Å². The highest BCUT2D eigenvalue weighted by atomic mass is 16.5. The lowest BCUT2D eigenvalue weighted by Crippen LogP contribution is -2.11. The fourth-order valence-electron chi connectivity index (χ4n) is 1.91. The first kappa shape index (κ1) is 14.7. The third-order valence-electron chi connectivity index (χ3n) is 3.01. The predicted molar refractivity (Wildman–Crippen MR) is 76.3 cm³/mol. The van der Waals surface area contributed by atoms with Crippen molar-refractivity contribution in [2.24, 2.45) is 0 Å². The number of anilines is 1. The number of hydrogen-bond acceptors (Lipinski definition) is 3. The highest BCUT2D eigenvalue weighted by molar-refractivity contribution is 5.55. The maximum Gasteiger partial charge on any atom is 0.145 e. The van der Waals surface area contributed by atoms with Gasteiger partial charge in [-0.1, -0.05) is 26.2 Å². The van der Waals surface area contributed by atoms with E-state index in [-0.39, 0.29) is 6.10 Å². The molecule has 1 aromatic rings. The summed E-state index contributed by atoms with van der Waals surface area (Å²) in [6, 6.07) is 5.55. The van der Waals surface area contributed by atoms with Crippen molar-refractivity contribution >= 4 is 5.69 Å². The number of nitrogen functional groups attached to an aromatic ring is 1. The molecule has 18 heavy (non-hydrogen) atoms. The van der Waals surface area contributed by atoms with Gasteiger partial charge >= 0.3 is 0 Å². The van der Waals surface area contributed by atoms with Gasteiger partial charge in [0.2, 0.25) is 0 Å².